The van der Waals surface area contributed by atoms with Gasteiger partial charge in [0.1, 0.15) is 17.3 Å². The zero-order chi connectivity index (χ0) is 26.8. The highest BCUT2D eigenvalue weighted by Gasteiger charge is 2.50. The van der Waals surface area contributed by atoms with Crippen molar-refractivity contribution in [1.29, 1.82) is 0 Å². The monoisotopic (exact) mass is 563 g/mol. The molecule has 2 aromatic heterocycles. The van der Waals surface area contributed by atoms with Gasteiger partial charge >= 0.3 is 15.4 Å². The van der Waals surface area contributed by atoms with Crippen molar-refractivity contribution in [1.82, 2.24) is 9.97 Å². The minimum absolute atomic E-state index is 0.0512. The number of rotatable bonds is 10. The van der Waals surface area contributed by atoms with Crippen LogP contribution in [0, 0.1) is 0 Å². The molecule has 38 heavy (non-hydrogen) atoms. The lowest BCUT2D eigenvalue weighted by atomic mass is 10.0. The van der Waals surface area contributed by atoms with Gasteiger partial charge < -0.3 is 18.7 Å². The molecule has 2 aliphatic heterocycles. The van der Waals surface area contributed by atoms with Crippen molar-refractivity contribution in [2.75, 3.05) is 52.0 Å². The van der Waals surface area contributed by atoms with Crippen LogP contribution in [0.2, 0.25) is 0 Å². The molecule has 0 spiro atoms. The molecule has 2 aliphatic rings. The average molecular weight is 563 g/mol. The molecule has 202 valence electrons. The lowest BCUT2D eigenvalue weighted by molar-refractivity contribution is 0.0985. The van der Waals surface area contributed by atoms with Crippen LogP contribution < -0.4 is 9.64 Å². The number of nitrogens with zero attached hydrogens (tertiary/aromatic N) is 3. The van der Waals surface area contributed by atoms with Crippen LogP contribution in [0.3, 0.4) is 0 Å². The number of Topliss-reactive ketones (excluding diaryl/α,β-unsaturated/α-hetero) is 1. The molecule has 0 bridgehead atoms. The number of fused-ring (bicyclic) bond motifs is 1. The van der Waals surface area contributed by atoms with Crippen LogP contribution >= 0.6 is 15.4 Å². The van der Waals surface area contributed by atoms with Gasteiger partial charge in [-0.3, -0.25) is 22.9 Å². The standard InChI is InChI=1S/C24H27N3O9P2/c1-27(22-5-3-4-9-25-22)10-8-20(28)17-6-7-19-18(15-17)16-21(31-2)23(26-19)24(37(29)32-11-12-33-37)36-38(30)34-13-14-35-38/h3-7,9,15-16,24H,8,10-14H2,1-2H3. The molecule has 2 saturated heterocycles. The van der Waals surface area contributed by atoms with E-state index in [1.54, 1.807) is 30.5 Å². The van der Waals surface area contributed by atoms with E-state index in [4.69, 9.17) is 27.4 Å². The summed E-state index contributed by atoms with van der Waals surface area (Å²) in [5, 5.41) is 0.611. The van der Waals surface area contributed by atoms with Crippen LogP contribution in [0.25, 0.3) is 10.9 Å². The van der Waals surface area contributed by atoms with Gasteiger partial charge in [-0.1, -0.05) is 6.07 Å². The highest BCUT2D eigenvalue weighted by Crippen LogP contribution is 2.70. The summed E-state index contributed by atoms with van der Waals surface area (Å²) >= 11 is 0. The van der Waals surface area contributed by atoms with E-state index in [0.29, 0.717) is 23.0 Å². The maximum Gasteiger partial charge on any atom is 0.476 e. The molecule has 1 aromatic carbocycles. The van der Waals surface area contributed by atoms with Gasteiger partial charge in [0.2, 0.25) is 5.85 Å². The van der Waals surface area contributed by atoms with E-state index < -0.39 is 21.3 Å². The molecule has 0 amide bonds. The van der Waals surface area contributed by atoms with Gasteiger partial charge in [-0.05, 0) is 36.4 Å². The molecule has 0 radical (unpaired) electrons. The molecular formula is C24H27N3O9P2. The van der Waals surface area contributed by atoms with Crippen molar-refractivity contribution >= 4 is 37.9 Å². The first kappa shape index (κ1) is 26.9. The third kappa shape index (κ3) is 5.67. The quantitative estimate of drug-likeness (QED) is 0.249. The van der Waals surface area contributed by atoms with Crippen molar-refractivity contribution in [2.24, 2.45) is 0 Å². The Morgan fingerprint density at radius 1 is 1.05 bits per heavy atom. The fourth-order valence-electron chi connectivity index (χ4n) is 4.07. The zero-order valence-corrected chi connectivity index (χ0v) is 22.6. The second kappa shape index (κ2) is 11.2. The van der Waals surface area contributed by atoms with Crippen molar-refractivity contribution in [3.63, 3.8) is 0 Å². The molecule has 12 nitrogen and oxygen atoms in total. The van der Waals surface area contributed by atoms with Gasteiger partial charge in [-0.2, -0.15) is 0 Å². The first-order valence-electron chi connectivity index (χ1n) is 11.9. The normalized spacial score (nSPS) is 18.9. The lowest BCUT2D eigenvalue weighted by Gasteiger charge is -2.24. The average Bonchev–Trinajstić information content (AvgIpc) is 3.58. The molecule has 5 rings (SSSR count). The number of ketones is 1. The summed E-state index contributed by atoms with van der Waals surface area (Å²) in [6, 6.07) is 12.3. The highest BCUT2D eigenvalue weighted by atomic mass is 31.2. The first-order chi connectivity index (χ1) is 18.3. The number of carbonyl (C=O) groups is 1. The first-order valence-corrected chi connectivity index (χ1v) is 15.0. The largest absolute Gasteiger partial charge is 0.495 e. The molecule has 0 aliphatic carbocycles. The second-order valence-electron chi connectivity index (χ2n) is 8.54. The smallest absolute Gasteiger partial charge is 0.476 e. The summed E-state index contributed by atoms with van der Waals surface area (Å²) in [6.45, 7) is 0.756. The van der Waals surface area contributed by atoms with Crippen LogP contribution in [-0.4, -0.2) is 62.9 Å². The Kier molecular flexibility index (Phi) is 7.93. The van der Waals surface area contributed by atoms with Crippen LogP contribution in [0.15, 0.2) is 48.7 Å². The van der Waals surface area contributed by atoms with Gasteiger partial charge in [-0.25, -0.2) is 14.5 Å². The van der Waals surface area contributed by atoms with Crippen LogP contribution in [-0.2, 0) is 31.7 Å². The highest BCUT2D eigenvalue weighted by molar-refractivity contribution is 7.55. The summed E-state index contributed by atoms with van der Waals surface area (Å²) in [4.78, 5) is 23.7. The molecule has 3 aromatic rings. The number of hydrogen-bond donors (Lipinski definition) is 0. The number of methoxy groups -OCH3 is 1. The van der Waals surface area contributed by atoms with E-state index in [9.17, 15) is 13.9 Å². The van der Waals surface area contributed by atoms with Crippen molar-refractivity contribution in [3.8, 4) is 5.75 Å². The predicted molar refractivity (Wildman–Crippen MR) is 138 cm³/mol. The Labute approximate surface area is 219 Å². The maximum atomic E-state index is 13.5. The molecule has 1 unspecified atom stereocenters. The number of carbonyl (C=O) groups excluding carboxylic acids is 1. The Bertz CT molecular complexity index is 1400. The molecule has 14 heteroatoms. The number of aromatic nitrogens is 2. The number of benzene rings is 1. The summed E-state index contributed by atoms with van der Waals surface area (Å²) in [7, 11) is -4.68. The lowest BCUT2D eigenvalue weighted by Crippen LogP contribution is -2.22. The van der Waals surface area contributed by atoms with E-state index in [0.717, 1.165) is 5.82 Å². The number of phosphoric ester groups is 1. The van der Waals surface area contributed by atoms with Gasteiger partial charge in [0.15, 0.2) is 5.78 Å². The third-order valence-electron chi connectivity index (χ3n) is 6.02. The molecule has 2 fully saturated rings. The van der Waals surface area contributed by atoms with Crippen LogP contribution in [0.1, 0.15) is 28.3 Å². The number of ether oxygens (including phenoxy) is 1. The predicted octanol–water partition coefficient (Wildman–Crippen LogP) is 4.76. The maximum absolute atomic E-state index is 13.5. The molecule has 0 saturated carbocycles. The SMILES string of the molecule is COc1cc2cc(C(=O)CCN(C)c3ccccn3)ccc2nc1C(OP1(=O)OCCO1)P1(=O)OCCO1. The Hall–Kier alpha value is -2.69. The van der Waals surface area contributed by atoms with Gasteiger partial charge in [-0.15, -0.1) is 0 Å². The molecular weight excluding hydrogens is 536 g/mol. The van der Waals surface area contributed by atoms with E-state index in [-0.39, 0.29) is 50.1 Å². The van der Waals surface area contributed by atoms with Gasteiger partial charge in [0, 0.05) is 37.2 Å². The van der Waals surface area contributed by atoms with Gasteiger partial charge in [0.25, 0.3) is 0 Å². The van der Waals surface area contributed by atoms with Crippen LogP contribution in [0.4, 0.5) is 5.82 Å². The minimum atomic E-state index is -4.02. The summed E-state index contributed by atoms with van der Waals surface area (Å²) in [5.74, 6) is -0.606. The minimum Gasteiger partial charge on any atom is -0.495 e. The fourth-order valence-corrected chi connectivity index (χ4v) is 7.50. The van der Waals surface area contributed by atoms with Crippen LogP contribution in [0.5, 0.6) is 5.75 Å². The molecule has 1 atom stereocenters. The molecule has 0 N–H and O–H groups in total. The third-order valence-corrected chi connectivity index (χ3v) is 9.66. The number of pyridine rings is 2. The van der Waals surface area contributed by atoms with Crippen molar-refractivity contribution < 1.29 is 41.3 Å². The summed E-state index contributed by atoms with van der Waals surface area (Å²) in [5.41, 5.74) is 1.02. The second-order valence-corrected chi connectivity index (χ2v) is 12.2. The number of hydrogen-bond acceptors (Lipinski definition) is 12. The van der Waals surface area contributed by atoms with E-state index >= 15 is 0 Å². The number of anilines is 1. The summed E-state index contributed by atoms with van der Waals surface area (Å²) < 4.78 is 58.5. The Balaban J connectivity index is 1.42. The van der Waals surface area contributed by atoms with E-state index in [2.05, 4.69) is 9.97 Å². The molecule has 4 heterocycles. The Morgan fingerprint density at radius 2 is 1.79 bits per heavy atom. The zero-order valence-electron chi connectivity index (χ0n) is 20.8. The summed E-state index contributed by atoms with van der Waals surface area (Å²) in [6.07, 6.45) is 1.99. The fraction of sp³-hybridized carbons (Fsp3) is 0.375. The van der Waals surface area contributed by atoms with Gasteiger partial charge in [0.05, 0.1) is 39.1 Å². The van der Waals surface area contributed by atoms with Crippen molar-refractivity contribution in [3.05, 3.63) is 59.9 Å². The Morgan fingerprint density at radius 3 is 2.47 bits per heavy atom. The van der Waals surface area contributed by atoms with E-state index in [1.807, 2.05) is 30.1 Å². The van der Waals surface area contributed by atoms with Crippen molar-refractivity contribution in [2.45, 2.75) is 12.3 Å². The van der Waals surface area contributed by atoms with E-state index in [1.165, 1.54) is 7.11 Å². The number of phosphoric acid groups is 1. The topological polar surface area (TPSA) is 136 Å².